The van der Waals surface area contributed by atoms with Gasteiger partial charge in [0.2, 0.25) is 15.8 Å². The fraction of sp³-hybridized carbons (Fsp3) is 0.250. The van der Waals surface area contributed by atoms with Crippen LogP contribution in [0.1, 0.15) is 24.8 Å². The van der Waals surface area contributed by atoms with Crippen molar-refractivity contribution in [2.75, 3.05) is 13.1 Å². The van der Waals surface area contributed by atoms with Crippen molar-refractivity contribution in [1.29, 1.82) is 5.26 Å². The summed E-state index contributed by atoms with van der Waals surface area (Å²) in [6.45, 7) is 1.14. The maximum absolute atomic E-state index is 12.7. The van der Waals surface area contributed by atoms with Crippen molar-refractivity contribution in [2.45, 2.75) is 24.2 Å². The molecule has 0 spiro atoms. The largest absolute Gasteiger partial charge is 0.334 e. The molecule has 0 radical (unpaired) electrons. The zero-order chi connectivity index (χ0) is 19.6. The molecule has 1 aliphatic rings. The van der Waals surface area contributed by atoms with E-state index in [0.717, 1.165) is 19.3 Å². The molecule has 1 aliphatic heterocycles. The fourth-order valence-corrected chi connectivity index (χ4v) is 4.69. The van der Waals surface area contributed by atoms with Crippen LogP contribution in [-0.4, -0.2) is 36.0 Å². The Kier molecular flexibility index (Phi) is 4.94. The van der Waals surface area contributed by atoms with Crippen molar-refractivity contribution in [2.24, 2.45) is 0 Å². The summed E-state index contributed by atoms with van der Waals surface area (Å²) in [5.74, 6) is 0.714. The van der Waals surface area contributed by atoms with E-state index in [1.165, 1.54) is 0 Å². The van der Waals surface area contributed by atoms with Crippen molar-refractivity contribution in [1.82, 2.24) is 14.4 Å². The number of sulfonamides is 1. The Morgan fingerprint density at radius 2 is 1.57 bits per heavy atom. The van der Waals surface area contributed by atoms with Gasteiger partial charge in [0.05, 0.1) is 16.5 Å². The molecule has 0 amide bonds. The van der Waals surface area contributed by atoms with Crippen LogP contribution in [0.25, 0.3) is 22.8 Å². The van der Waals surface area contributed by atoms with Gasteiger partial charge < -0.3 is 4.52 Å². The second kappa shape index (κ2) is 7.54. The summed E-state index contributed by atoms with van der Waals surface area (Å²) < 4.78 is 32.3. The predicted octanol–water partition coefficient (Wildman–Crippen LogP) is 3.45. The number of benzene rings is 2. The van der Waals surface area contributed by atoms with Crippen molar-refractivity contribution >= 4 is 10.0 Å². The van der Waals surface area contributed by atoms with Crippen LogP contribution < -0.4 is 0 Å². The first-order valence-corrected chi connectivity index (χ1v) is 10.5. The monoisotopic (exact) mass is 394 g/mol. The van der Waals surface area contributed by atoms with E-state index in [1.807, 2.05) is 0 Å². The number of rotatable bonds is 4. The highest BCUT2D eigenvalue weighted by Crippen LogP contribution is 2.25. The summed E-state index contributed by atoms with van der Waals surface area (Å²) in [5.41, 5.74) is 1.93. The lowest BCUT2D eigenvalue weighted by Gasteiger charge is -2.25. The fourth-order valence-electron chi connectivity index (χ4n) is 3.18. The molecule has 8 heteroatoms. The van der Waals surface area contributed by atoms with Crippen molar-refractivity contribution in [3.63, 3.8) is 0 Å². The summed E-state index contributed by atoms with van der Waals surface area (Å²) in [6.07, 6.45) is 2.88. The maximum atomic E-state index is 12.7. The van der Waals surface area contributed by atoms with Gasteiger partial charge in [-0.15, -0.1) is 0 Å². The minimum atomic E-state index is -3.46. The van der Waals surface area contributed by atoms with E-state index in [9.17, 15) is 8.42 Å². The van der Waals surface area contributed by atoms with Crippen LogP contribution in [-0.2, 0) is 10.0 Å². The molecule has 7 nitrogen and oxygen atoms in total. The second-order valence-electron chi connectivity index (χ2n) is 6.60. The van der Waals surface area contributed by atoms with Gasteiger partial charge in [0.25, 0.3) is 5.89 Å². The first-order valence-electron chi connectivity index (χ1n) is 9.03. The van der Waals surface area contributed by atoms with E-state index in [-0.39, 0.29) is 4.90 Å². The van der Waals surface area contributed by atoms with E-state index < -0.39 is 10.0 Å². The minimum absolute atomic E-state index is 0.272. The van der Waals surface area contributed by atoms with Gasteiger partial charge in [-0.25, -0.2) is 8.42 Å². The standard InChI is InChI=1S/C20H18N4O3S/c21-14-15-4-6-17(7-5-15)20-22-19(23-27-20)16-8-10-18(11-9-16)28(25,26)24-12-2-1-3-13-24/h4-11H,1-3,12-13H2. The molecule has 0 atom stereocenters. The Morgan fingerprint density at radius 1 is 0.929 bits per heavy atom. The summed E-state index contributed by atoms with van der Waals surface area (Å²) in [4.78, 5) is 4.64. The van der Waals surface area contributed by atoms with Crippen LogP contribution in [0.15, 0.2) is 57.9 Å². The Balaban J connectivity index is 1.56. The zero-order valence-electron chi connectivity index (χ0n) is 15.1. The third-order valence-electron chi connectivity index (χ3n) is 4.75. The van der Waals surface area contributed by atoms with E-state index in [4.69, 9.17) is 9.78 Å². The third kappa shape index (κ3) is 3.54. The molecule has 1 aromatic heterocycles. The molecule has 4 rings (SSSR count). The Morgan fingerprint density at radius 3 is 2.21 bits per heavy atom. The van der Waals surface area contributed by atoms with Gasteiger partial charge in [-0.3, -0.25) is 0 Å². The molecule has 2 heterocycles. The number of nitrogens with zero attached hydrogens (tertiary/aromatic N) is 4. The van der Waals surface area contributed by atoms with Crippen LogP contribution in [0.3, 0.4) is 0 Å². The van der Waals surface area contributed by atoms with Gasteiger partial charge in [0.1, 0.15) is 0 Å². The van der Waals surface area contributed by atoms with Crippen molar-refractivity contribution in [3.8, 4) is 28.9 Å². The second-order valence-corrected chi connectivity index (χ2v) is 8.54. The average molecular weight is 394 g/mol. The summed E-state index contributed by atoms with van der Waals surface area (Å²) in [6, 6.07) is 15.4. The molecular formula is C20H18N4O3S. The highest BCUT2D eigenvalue weighted by Gasteiger charge is 2.25. The number of nitriles is 1. The van der Waals surface area contributed by atoms with E-state index >= 15 is 0 Å². The molecule has 28 heavy (non-hydrogen) atoms. The van der Waals surface area contributed by atoms with E-state index in [1.54, 1.807) is 52.8 Å². The Hall–Kier alpha value is -3.02. The van der Waals surface area contributed by atoms with Crippen LogP contribution in [0.5, 0.6) is 0 Å². The molecule has 142 valence electrons. The number of aromatic nitrogens is 2. The van der Waals surface area contributed by atoms with Gasteiger partial charge >= 0.3 is 0 Å². The Bertz CT molecular complexity index is 1110. The third-order valence-corrected chi connectivity index (χ3v) is 6.67. The molecule has 0 aliphatic carbocycles. The quantitative estimate of drug-likeness (QED) is 0.672. The molecule has 1 saturated heterocycles. The summed E-state index contributed by atoms with van der Waals surface area (Å²) >= 11 is 0. The molecule has 3 aromatic rings. The molecule has 0 N–H and O–H groups in total. The number of hydrogen-bond donors (Lipinski definition) is 0. The summed E-state index contributed by atoms with van der Waals surface area (Å²) in [7, 11) is -3.46. The van der Waals surface area contributed by atoms with Crippen molar-refractivity contribution in [3.05, 3.63) is 54.1 Å². The number of hydrogen-bond acceptors (Lipinski definition) is 6. The lowest BCUT2D eigenvalue weighted by Crippen LogP contribution is -2.35. The molecule has 0 saturated carbocycles. The first-order chi connectivity index (χ1) is 13.6. The molecule has 1 fully saturated rings. The smallest absolute Gasteiger partial charge is 0.258 e. The predicted molar refractivity (Wildman–Crippen MR) is 102 cm³/mol. The lowest BCUT2D eigenvalue weighted by atomic mass is 10.1. The molecule has 0 unspecified atom stereocenters. The minimum Gasteiger partial charge on any atom is -0.334 e. The van der Waals surface area contributed by atoms with Gasteiger partial charge in [-0.2, -0.15) is 14.6 Å². The number of piperidine rings is 1. The Labute approximate surface area is 163 Å². The maximum Gasteiger partial charge on any atom is 0.258 e. The highest BCUT2D eigenvalue weighted by molar-refractivity contribution is 7.89. The van der Waals surface area contributed by atoms with Crippen LogP contribution in [0.2, 0.25) is 0 Å². The molecular weight excluding hydrogens is 376 g/mol. The van der Waals surface area contributed by atoms with Gasteiger partial charge in [0, 0.05) is 24.2 Å². The van der Waals surface area contributed by atoms with Crippen LogP contribution >= 0.6 is 0 Å². The summed E-state index contributed by atoms with van der Waals surface area (Å²) in [5, 5.41) is 12.8. The highest BCUT2D eigenvalue weighted by atomic mass is 32.2. The first kappa shape index (κ1) is 18.3. The zero-order valence-corrected chi connectivity index (χ0v) is 15.9. The SMILES string of the molecule is N#Cc1ccc(-c2nc(-c3ccc(S(=O)(=O)N4CCCCC4)cc3)no2)cc1. The van der Waals surface area contributed by atoms with Crippen molar-refractivity contribution < 1.29 is 12.9 Å². The van der Waals surface area contributed by atoms with Gasteiger partial charge in [-0.1, -0.05) is 11.6 Å². The van der Waals surface area contributed by atoms with Gasteiger partial charge in [-0.05, 0) is 61.4 Å². The van der Waals surface area contributed by atoms with Gasteiger partial charge in [0.15, 0.2) is 0 Å². The molecule has 2 aromatic carbocycles. The lowest BCUT2D eigenvalue weighted by molar-refractivity contribution is 0.346. The molecule has 0 bridgehead atoms. The normalized spacial score (nSPS) is 15.2. The van der Waals surface area contributed by atoms with Crippen LogP contribution in [0.4, 0.5) is 0 Å². The van der Waals surface area contributed by atoms with Crippen LogP contribution in [0, 0.1) is 11.3 Å². The van der Waals surface area contributed by atoms with E-state index in [2.05, 4.69) is 16.2 Å². The topological polar surface area (TPSA) is 100 Å². The van der Waals surface area contributed by atoms with E-state index in [0.29, 0.717) is 41.5 Å². The average Bonchev–Trinajstić information content (AvgIpc) is 3.25.